The molecule has 4 atom stereocenters. The Hall–Kier alpha value is -2.50. The smallest absolute Gasteiger partial charge is 0.274 e. The predicted molar refractivity (Wildman–Crippen MR) is 85.1 cm³/mol. The minimum atomic E-state index is -0.477. The van der Waals surface area contributed by atoms with Crippen LogP contribution in [0.25, 0.3) is 0 Å². The van der Waals surface area contributed by atoms with Crippen molar-refractivity contribution < 1.29 is 14.5 Å². The zero-order valence-corrected chi connectivity index (χ0v) is 13.1. The van der Waals surface area contributed by atoms with Gasteiger partial charge in [0.1, 0.15) is 0 Å². The number of fused-ring (bicyclic) bond motifs is 3. The molecule has 5 rings (SSSR count). The Labute approximate surface area is 138 Å². The maximum absolute atomic E-state index is 13.0. The molecule has 2 bridgehead atoms. The van der Waals surface area contributed by atoms with E-state index in [1.807, 2.05) is 0 Å². The summed E-state index contributed by atoms with van der Waals surface area (Å²) in [6.45, 7) is 1.64. The molecular formula is C18H16N2O4. The predicted octanol–water partition coefficient (Wildman–Crippen LogP) is 2.60. The van der Waals surface area contributed by atoms with Gasteiger partial charge in [-0.25, -0.2) is 4.90 Å². The molecule has 122 valence electrons. The third-order valence-electron chi connectivity index (χ3n) is 6.50. The number of benzene rings is 1. The van der Waals surface area contributed by atoms with E-state index in [4.69, 9.17) is 0 Å². The zero-order valence-electron chi connectivity index (χ0n) is 13.1. The number of imide groups is 1. The van der Waals surface area contributed by atoms with Crippen molar-refractivity contribution in [3.8, 4) is 0 Å². The first kappa shape index (κ1) is 13.9. The second-order valence-corrected chi connectivity index (χ2v) is 7.46. The number of anilines is 1. The fourth-order valence-corrected chi connectivity index (χ4v) is 5.27. The van der Waals surface area contributed by atoms with Crippen LogP contribution >= 0.6 is 0 Å². The van der Waals surface area contributed by atoms with Crippen LogP contribution in [0.5, 0.6) is 0 Å². The molecular weight excluding hydrogens is 308 g/mol. The van der Waals surface area contributed by atoms with E-state index in [2.05, 4.69) is 12.2 Å². The third-order valence-corrected chi connectivity index (χ3v) is 6.50. The molecule has 6 nitrogen and oxygen atoms in total. The van der Waals surface area contributed by atoms with Crippen molar-refractivity contribution in [2.45, 2.75) is 19.8 Å². The van der Waals surface area contributed by atoms with Crippen LogP contribution in [0, 0.1) is 46.1 Å². The molecule has 6 heteroatoms. The first-order valence-corrected chi connectivity index (χ1v) is 8.27. The van der Waals surface area contributed by atoms with Gasteiger partial charge in [-0.1, -0.05) is 18.2 Å². The van der Waals surface area contributed by atoms with Crippen molar-refractivity contribution in [2.75, 3.05) is 4.90 Å². The Morgan fingerprint density at radius 3 is 2.21 bits per heavy atom. The molecule has 4 aliphatic rings. The van der Waals surface area contributed by atoms with Gasteiger partial charge >= 0.3 is 0 Å². The molecule has 0 aromatic heterocycles. The quantitative estimate of drug-likeness (QED) is 0.362. The van der Waals surface area contributed by atoms with E-state index in [-0.39, 0.29) is 46.6 Å². The number of rotatable bonds is 2. The van der Waals surface area contributed by atoms with Gasteiger partial charge in [-0.2, -0.15) is 0 Å². The average molecular weight is 324 g/mol. The average Bonchev–Trinajstić information content (AvgIpc) is 3.14. The minimum absolute atomic E-state index is 0.0649. The maximum Gasteiger partial charge on any atom is 0.274 e. The van der Waals surface area contributed by atoms with Gasteiger partial charge in [-0.15, -0.1) is 0 Å². The fraction of sp³-hybridized carbons (Fsp3) is 0.444. The molecule has 1 aromatic carbocycles. The number of allylic oxidation sites excluding steroid dienone is 2. The molecule has 1 aromatic rings. The van der Waals surface area contributed by atoms with Gasteiger partial charge in [0.15, 0.2) is 0 Å². The molecule has 1 aliphatic heterocycles. The normalized spacial score (nSPS) is 34.3. The molecule has 3 aliphatic carbocycles. The summed E-state index contributed by atoms with van der Waals surface area (Å²) in [5.41, 5.74) is 0.930. The van der Waals surface area contributed by atoms with Crippen LogP contribution in [-0.4, -0.2) is 16.7 Å². The first-order valence-electron chi connectivity index (χ1n) is 8.27. The summed E-state index contributed by atoms with van der Waals surface area (Å²) in [5, 5.41) is 11.2. The van der Waals surface area contributed by atoms with Gasteiger partial charge in [0.25, 0.3) is 5.69 Å². The van der Waals surface area contributed by atoms with E-state index in [9.17, 15) is 19.7 Å². The Bertz CT molecular complexity index is 821. The molecule has 0 N–H and O–H groups in total. The van der Waals surface area contributed by atoms with E-state index in [1.54, 1.807) is 19.1 Å². The van der Waals surface area contributed by atoms with Crippen LogP contribution in [0.3, 0.4) is 0 Å². The van der Waals surface area contributed by atoms with Crippen molar-refractivity contribution in [2.24, 2.45) is 29.1 Å². The molecule has 1 heterocycles. The van der Waals surface area contributed by atoms with Crippen LogP contribution in [-0.2, 0) is 9.59 Å². The number of nitro benzene ring substituents is 1. The number of aryl methyl sites for hydroxylation is 1. The van der Waals surface area contributed by atoms with Gasteiger partial charge in [-0.05, 0) is 43.1 Å². The van der Waals surface area contributed by atoms with Crippen LogP contribution < -0.4 is 4.90 Å². The lowest BCUT2D eigenvalue weighted by molar-refractivity contribution is -0.385. The Kier molecular flexibility index (Phi) is 2.39. The Balaban J connectivity index is 1.56. The molecule has 2 saturated carbocycles. The number of amides is 2. The summed E-state index contributed by atoms with van der Waals surface area (Å²) in [7, 11) is 0. The van der Waals surface area contributed by atoms with Crippen molar-refractivity contribution in [3.05, 3.63) is 46.0 Å². The number of nitrogens with zero attached hydrogens (tertiary/aromatic N) is 2. The molecule has 0 radical (unpaired) electrons. The minimum Gasteiger partial charge on any atom is -0.274 e. The molecule has 24 heavy (non-hydrogen) atoms. The number of carbonyl (C=O) groups excluding carboxylic acids is 2. The number of hydrogen-bond acceptors (Lipinski definition) is 4. The van der Waals surface area contributed by atoms with Gasteiger partial charge < -0.3 is 0 Å². The summed E-state index contributed by atoms with van der Waals surface area (Å²) in [5.74, 6) is -0.618. The second kappa shape index (κ2) is 4.12. The molecule has 0 unspecified atom stereocenters. The van der Waals surface area contributed by atoms with Crippen LogP contribution in [0.2, 0.25) is 0 Å². The molecule has 2 amide bonds. The lowest BCUT2D eigenvalue weighted by Crippen LogP contribution is -2.34. The second-order valence-electron chi connectivity index (χ2n) is 7.46. The van der Waals surface area contributed by atoms with Crippen LogP contribution in [0.4, 0.5) is 11.4 Å². The molecule has 3 fully saturated rings. The lowest BCUT2D eigenvalue weighted by atomic mass is 9.85. The van der Waals surface area contributed by atoms with E-state index in [0.29, 0.717) is 11.3 Å². The van der Waals surface area contributed by atoms with Crippen molar-refractivity contribution in [1.82, 2.24) is 0 Å². The summed E-state index contributed by atoms with van der Waals surface area (Å²) >= 11 is 0. The molecule has 1 saturated heterocycles. The highest BCUT2D eigenvalue weighted by atomic mass is 16.6. The van der Waals surface area contributed by atoms with Crippen LogP contribution in [0.15, 0.2) is 30.4 Å². The number of nitro groups is 1. The Morgan fingerprint density at radius 1 is 1.12 bits per heavy atom. The highest BCUT2D eigenvalue weighted by molar-refractivity contribution is 6.23. The van der Waals surface area contributed by atoms with E-state index >= 15 is 0 Å². The Morgan fingerprint density at radius 2 is 1.71 bits per heavy atom. The monoisotopic (exact) mass is 324 g/mol. The van der Waals surface area contributed by atoms with Gasteiger partial charge in [-0.3, -0.25) is 19.7 Å². The fourth-order valence-electron chi connectivity index (χ4n) is 5.27. The SMILES string of the molecule is Cc1ccc(N2C(=O)[C@@H]3[C@H](C2=O)[C@@H]2C=C[C@H]3C23CC3)cc1[N+](=O)[O-]. The number of hydrogen-bond donors (Lipinski definition) is 0. The van der Waals surface area contributed by atoms with Gasteiger partial charge in [0.2, 0.25) is 11.8 Å². The topological polar surface area (TPSA) is 80.5 Å². The summed E-state index contributed by atoms with van der Waals surface area (Å²) < 4.78 is 0. The standard InChI is InChI=1S/C18H16N2O4/c1-9-2-3-10(8-13(9)20(23)24)19-16(21)14-11-4-5-12(15(14)17(19)22)18(11)6-7-18/h2-5,8,11-12,14-15H,6-7H2,1H3/t11-,12+,14+,15-. The largest absolute Gasteiger partial charge is 0.274 e. The van der Waals surface area contributed by atoms with Crippen LogP contribution in [0.1, 0.15) is 18.4 Å². The van der Waals surface area contributed by atoms with Gasteiger partial charge in [0.05, 0.1) is 22.4 Å². The maximum atomic E-state index is 13.0. The molecule has 1 spiro atoms. The highest BCUT2D eigenvalue weighted by Gasteiger charge is 2.73. The zero-order chi connectivity index (χ0) is 16.8. The van der Waals surface area contributed by atoms with E-state index < -0.39 is 4.92 Å². The van der Waals surface area contributed by atoms with E-state index in [0.717, 1.165) is 12.8 Å². The van der Waals surface area contributed by atoms with Crippen molar-refractivity contribution >= 4 is 23.2 Å². The van der Waals surface area contributed by atoms with Gasteiger partial charge in [0, 0.05) is 11.6 Å². The highest BCUT2D eigenvalue weighted by Crippen LogP contribution is 2.73. The summed E-state index contributed by atoms with van der Waals surface area (Å²) in [6, 6.07) is 4.56. The van der Waals surface area contributed by atoms with Crippen molar-refractivity contribution in [1.29, 1.82) is 0 Å². The van der Waals surface area contributed by atoms with E-state index in [1.165, 1.54) is 11.0 Å². The van der Waals surface area contributed by atoms with Crippen molar-refractivity contribution in [3.63, 3.8) is 0 Å². The first-order chi connectivity index (χ1) is 11.5. The lowest BCUT2D eigenvalue weighted by Gasteiger charge is -2.21. The third kappa shape index (κ3) is 1.42. The summed E-state index contributed by atoms with van der Waals surface area (Å²) in [6.07, 6.45) is 6.42. The number of carbonyl (C=O) groups is 2. The summed E-state index contributed by atoms with van der Waals surface area (Å²) in [4.78, 5) is 37.8.